The van der Waals surface area contributed by atoms with Crippen molar-refractivity contribution in [1.29, 1.82) is 0 Å². The molecule has 0 fully saturated rings. The van der Waals surface area contributed by atoms with Gasteiger partial charge in [-0.05, 0) is 29.7 Å². The molecule has 0 saturated heterocycles. The minimum atomic E-state index is -0.275. The topological polar surface area (TPSA) is 21.3 Å². The van der Waals surface area contributed by atoms with Crippen molar-refractivity contribution in [2.75, 3.05) is 11.9 Å². The lowest BCUT2D eigenvalue weighted by Gasteiger charge is -2.26. The highest BCUT2D eigenvalue weighted by atomic mass is 32.1. The van der Waals surface area contributed by atoms with Crippen LogP contribution >= 0.6 is 11.3 Å². The molecule has 0 aliphatic carbocycles. The highest BCUT2D eigenvalue weighted by Gasteiger charge is 2.22. The molecule has 1 aliphatic heterocycles. The van der Waals surface area contributed by atoms with E-state index < -0.39 is 0 Å². The Morgan fingerprint density at radius 3 is 2.95 bits per heavy atom. The van der Waals surface area contributed by atoms with Gasteiger partial charge in [0.15, 0.2) is 6.10 Å². The van der Waals surface area contributed by atoms with Gasteiger partial charge >= 0.3 is 0 Å². The molecule has 0 spiro atoms. The molecule has 4 heteroatoms. The fourth-order valence-electron chi connectivity index (χ4n) is 2.46. The second-order valence-electron chi connectivity index (χ2n) is 4.81. The van der Waals surface area contributed by atoms with Crippen molar-refractivity contribution in [2.45, 2.75) is 6.10 Å². The maximum Gasteiger partial charge on any atom is 0.150 e. The van der Waals surface area contributed by atoms with Crippen molar-refractivity contribution < 1.29 is 9.13 Å². The van der Waals surface area contributed by atoms with E-state index in [-0.39, 0.29) is 11.9 Å². The fraction of sp³-hybridized carbons (Fsp3) is 0.125. The monoisotopic (exact) mass is 285 g/mol. The Labute approximate surface area is 119 Å². The Morgan fingerprint density at radius 1 is 1.15 bits per heavy atom. The quantitative estimate of drug-likeness (QED) is 0.706. The lowest BCUT2D eigenvalue weighted by molar-refractivity contribution is 0.213. The van der Waals surface area contributed by atoms with E-state index in [0.29, 0.717) is 12.3 Å². The summed E-state index contributed by atoms with van der Waals surface area (Å²) >= 11 is 1.72. The maximum atomic E-state index is 13.3. The van der Waals surface area contributed by atoms with E-state index in [0.717, 1.165) is 10.6 Å². The Bertz CT molecular complexity index is 750. The number of hydrogen-bond donors (Lipinski definition) is 1. The van der Waals surface area contributed by atoms with Crippen LogP contribution < -0.4 is 10.1 Å². The second-order valence-corrected chi connectivity index (χ2v) is 5.93. The molecule has 1 atom stereocenters. The fourth-order valence-corrected chi connectivity index (χ4v) is 3.55. The number of halogens is 1. The highest BCUT2D eigenvalue weighted by Crippen LogP contribution is 2.38. The van der Waals surface area contributed by atoms with Crippen LogP contribution in [0, 0.1) is 5.82 Å². The zero-order valence-corrected chi connectivity index (χ0v) is 11.4. The van der Waals surface area contributed by atoms with Crippen LogP contribution in [0.25, 0.3) is 10.1 Å². The summed E-state index contributed by atoms with van der Waals surface area (Å²) in [7, 11) is 0. The molecular formula is C16H12FNOS. The summed E-state index contributed by atoms with van der Waals surface area (Å²) in [6, 6.07) is 15.0. The lowest BCUT2D eigenvalue weighted by atomic mass is 10.2. The summed E-state index contributed by atoms with van der Waals surface area (Å²) in [5.74, 6) is 0.307. The molecule has 1 unspecified atom stereocenters. The number of ether oxygens (including phenoxy) is 1. The molecular weight excluding hydrogens is 273 g/mol. The predicted octanol–water partition coefficient (Wildman–Crippen LogP) is 4.59. The van der Waals surface area contributed by atoms with Crippen LogP contribution in [0.5, 0.6) is 5.75 Å². The molecule has 0 amide bonds. The van der Waals surface area contributed by atoms with Gasteiger partial charge in [0.1, 0.15) is 11.6 Å². The van der Waals surface area contributed by atoms with Crippen LogP contribution in [0.3, 0.4) is 0 Å². The average molecular weight is 285 g/mol. The molecule has 1 aromatic heterocycles. The molecule has 0 bridgehead atoms. The first-order chi connectivity index (χ1) is 9.79. The molecule has 2 aromatic carbocycles. The first kappa shape index (κ1) is 11.7. The second kappa shape index (κ2) is 4.49. The van der Waals surface area contributed by atoms with Crippen LogP contribution in [0.2, 0.25) is 0 Å². The van der Waals surface area contributed by atoms with Gasteiger partial charge in [0.25, 0.3) is 0 Å². The molecule has 20 heavy (non-hydrogen) atoms. The molecule has 0 saturated carbocycles. The minimum absolute atomic E-state index is 0.0679. The van der Waals surface area contributed by atoms with Gasteiger partial charge in [-0.25, -0.2) is 4.39 Å². The summed E-state index contributed by atoms with van der Waals surface area (Å²) in [5, 5.41) is 4.52. The standard InChI is InChI=1S/C16H12FNOS/c17-11-5-6-12-13(8-11)19-14(9-18-12)16-7-10-3-1-2-4-15(10)20-16/h1-8,14,18H,9H2. The van der Waals surface area contributed by atoms with E-state index in [1.807, 2.05) is 12.1 Å². The van der Waals surface area contributed by atoms with Gasteiger partial charge in [-0.2, -0.15) is 0 Å². The smallest absolute Gasteiger partial charge is 0.150 e. The van der Waals surface area contributed by atoms with E-state index in [4.69, 9.17) is 4.74 Å². The number of thiophene rings is 1. The van der Waals surface area contributed by atoms with Crippen molar-refractivity contribution in [3.8, 4) is 5.75 Å². The van der Waals surface area contributed by atoms with Gasteiger partial charge in [-0.3, -0.25) is 0 Å². The van der Waals surface area contributed by atoms with E-state index in [2.05, 4.69) is 23.5 Å². The summed E-state index contributed by atoms with van der Waals surface area (Å²) < 4.78 is 20.5. The summed E-state index contributed by atoms with van der Waals surface area (Å²) in [4.78, 5) is 1.16. The van der Waals surface area contributed by atoms with Gasteiger partial charge in [0.2, 0.25) is 0 Å². The SMILES string of the molecule is Fc1ccc2c(c1)OC(c1cc3ccccc3s1)CN2. The number of fused-ring (bicyclic) bond motifs is 2. The third-order valence-electron chi connectivity index (χ3n) is 3.45. The van der Waals surface area contributed by atoms with E-state index in [1.54, 1.807) is 17.4 Å². The van der Waals surface area contributed by atoms with Gasteiger partial charge in [-0.1, -0.05) is 18.2 Å². The third-order valence-corrected chi connectivity index (χ3v) is 4.66. The normalized spacial score (nSPS) is 17.4. The molecule has 2 heterocycles. The number of nitrogens with one attached hydrogen (secondary N) is 1. The molecule has 4 rings (SSSR count). The number of hydrogen-bond acceptors (Lipinski definition) is 3. The van der Waals surface area contributed by atoms with Crippen LogP contribution in [0.1, 0.15) is 11.0 Å². The number of anilines is 1. The zero-order chi connectivity index (χ0) is 13.5. The van der Waals surface area contributed by atoms with Gasteiger partial charge in [0.05, 0.1) is 12.2 Å². The Hall–Kier alpha value is -2.07. The zero-order valence-electron chi connectivity index (χ0n) is 10.6. The van der Waals surface area contributed by atoms with Crippen molar-refractivity contribution in [3.05, 3.63) is 59.2 Å². The van der Waals surface area contributed by atoms with Crippen molar-refractivity contribution in [3.63, 3.8) is 0 Å². The third kappa shape index (κ3) is 1.93. The van der Waals surface area contributed by atoms with Gasteiger partial charge < -0.3 is 10.1 Å². The van der Waals surface area contributed by atoms with Gasteiger partial charge in [0, 0.05) is 15.6 Å². The van der Waals surface area contributed by atoms with E-state index in [1.165, 1.54) is 22.2 Å². The number of rotatable bonds is 1. The number of benzene rings is 2. The average Bonchev–Trinajstić information content (AvgIpc) is 2.90. The molecule has 1 aliphatic rings. The first-order valence-electron chi connectivity index (χ1n) is 6.48. The Kier molecular flexibility index (Phi) is 2.63. The summed E-state index contributed by atoms with van der Waals surface area (Å²) in [6.45, 7) is 0.700. The molecule has 2 nitrogen and oxygen atoms in total. The van der Waals surface area contributed by atoms with Crippen molar-refractivity contribution >= 4 is 27.1 Å². The predicted molar refractivity (Wildman–Crippen MR) is 80.1 cm³/mol. The molecule has 3 aromatic rings. The summed E-state index contributed by atoms with van der Waals surface area (Å²) in [5.41, 5.74) is 0.851. The molecule has 0 radical (unpaired) electrons. The van der Waals surface area contributed by atoms with Crippen LogP contribution in [-0.2, 0) is 0 Å². The van der Waals surface area contributed by atoms with Crippen LogP contribution in [-0.4, -0.2) is 6.54 Å². The lowest BCUT2D eigenvalue weighted by Crippen LogP contribution is -2.22. The van der Waals surface area contributed by atoms with Crippen LogP contribution in [0.15, 0.2) is 48.5 Å². The maximum absolute atomic E-state index is 13.3. The molecule has 100 valence electrons. The van der Waals surface area contributed by atoms with Crippen molar-refractivity contribution in [1.82, 2.24) is 0 Å². The minimum Gasteiger partial charge on any atom is -0.481 e. The van der Waals surface area contributed by atoms with E-state index in [9.17, 15) is 4.39 Å². The van der Waals surface area contributed by atoms with Crippen LogP contribution in [0.4, 0.5) is 10.1 Å². The van der Waals surface area contributed by atoms with Crippen molar-refractivity contribution in [2.24, 2.45) is 0 Å². The largest absolute Gasteiger partial charge is 0.481 e. The Balaban J connectivity index is 1.70. The first-order valence-corrected chi connectivity index (χ1v) is 7.30. The highest BCUT2D eigenvalue weighted by molar-refractivity contribution is 7.19. The van der Waals surface area contributed by atoms with Gasteiger partial charge in [-0.15, -0.1) is 11.3 Å². The Morgan fingerprint density at radius 2 is 2.05 bits per heavy atom. The summed E-state index contributed by atoms with van der Waals surface area (Å²) in [6.07, 6.45) is -0.0679. The van der Waals surface area contributed by atoms with E-state index >= 15 is 0 Å². The molecule has 1 N–H and O–H groups in total.